The molecule has 0 spiro atoms. The van der Waals surface area contributed by atoms with Crippen molar-refractivity contribution >= 4 is 11.4 Å². The Balaban J connectivity index is 0. The van der Waals surface area contributed by atoms with Crippen LogP contribution in [0.5, 0.6) is 0 Å². The summed E-state index contributed by atoms with van der Waals surface area (Å²) in [6, 6.07) is 0. The van der Waals surface area contributed by atoms with Gasteiger partial charge in [-0.15, -0.1) is 0 Å². The molecule has 1 aliphatic heterocycles. The van der Waals surface area contributed by atoms with Gasteiger partial charge in [0.15, 0.2) is 0 Å². The van der Waals surface area contributed by atoms with Gasteiger partial charge in [-0.1, -0.05) is 0 Å². The van der Waals surface area contributed by atoms with Crippen LogP contribution in [0.2, 0.25) is 0 Å². The minimum Gasteiger partial charge on any atom is -1.00 e. The van der Waals surface area contributed by atoms with E-state index in [0.717, 1.165) is 39.3 Å². The van der Waals surface area contributed by atoms with Crippen molar-refractivity contribution in [3.63, 3.8) is 0 Å². The van der Waals surface area contributed by atoms with E-state index in [1.807, 2.05) is 0 Å². The monoisotopic (exact) mass is 232 g/mol. The molecule has 1 aliphatic rings. The Morgan fingerprint density at radius 3 is 2.71 bits per heavy atom. The fourth-order valence-electron chi connectivity index (χ4n) is 1.24. The average Bonchev–Trinajstić information content (AvgIpc) is 2.14. The summed E-state index contributed by atoms with van der Waals surface area (Å²) >= 11 is -2.37. The predicted octanol–water partition coefficient (Wildman–Crippen LogP) is -3.36. The van der Waals surface area contributed by atoms with Crippen LogP contribution in [0.4, 0.5) is 0 Å². The van der Waals surface area contributed by atoms with E-state index in [9.17, 15) is 8.76 Å². The van der Waals surface area contributed by atoms with E-state index in [2.05, 4.69) is 9.08 Å². The summed E-state index contributed by atoms with van der Waals surface area (Å²) in [5.74, 6) is 0. The Hall–Kier alpha value is 0.990. The third kappa shape index (κ3) is 7.30. The van der Waals surface area contributed by atoms with E-state index in [-0.39, 0.29) is 37.6 Å². The van der Waals surface area contributed by atoms with Gasteiger partial charge in [0.1, 0.15) is 0 Å². The molecule has 0 aromatic heterocycles. The van der Waals surface area contributed by atoms with E-state index < -0.39 is 11.4 Å². The first-order valence-electron chi connectivity index (χ1n) is 4.31. The van der Waals surface area contributed by atoms with Crippen molar-refractivity contribution in [2.24, 2.45) is 0 Å². The van der Waals surface area contributed by atoms with Crippen LogP contribution in [0.3, 0.4) is 0 Å². The SMILES string of the molecule is O=S([O-])OCCCN1CCOCC1.[H-].[Na+]. The second-order valence-corrected chi connectivity index (χ2v) is 3.48. The number of hydrogen-bond donors (Lipinski definition) is 0. The fraction of sp³-hybridized carbons (Fsp3) is 1.00. The van der Waals surface area contributed by atoms with Crippen LogP contribution in [0.25, 0.3) is 0 Å². The minimum absolute atomic E-state index is 0. The van der Waals surface area contributed by atoms with Crippen LogP contribution in [-0.2, 0) is 20.3 Å². The molecule has 0 saturated carbocycles. The third-order valence-electron chi connectivity index (χ3n) is 1.90. The van der Waals surface area contributed by atoms with Crippen molar-refractivity contribution in [3.8, 4) is 0 Å². The van der Waals surface area contributed by atoms with E-state index in [0.29, 0.717) is 0 Å². The molecule has 7 heteroatoms. The van der Waals surface area contributed by atoms with Crippen LogP contribution in [0.1, 0.15) is 7.85 Å². The molecule has 0 bridgehead atoms. The van der Waals surface area contributed by atoms with Crippen LogP contribution in [0, 0.1) is 0 Å². The van der Waals surface area contributed by atoms with Crippen LogP contribution in [0.15, 0.2) is 0 Å². The Morgan fingerprint density at radius 1 is 1.50 bits per heavy atom. The summed E-state index contributed by atoms with van der Waals surface area (Å²) < 4.78 is 29.6. The molecule has 1 saturated heterocycles. The van der Waals surface area contributed by atoms with Crippen LogP contribution < -0.4 is 29.6 Å². The summed E-state index contributed by atoms with van der Waals surface area (Å²) in [6.07, 6.45) is 0.744. The normalized spacial score (nSPS) is 20.1. The van der Waals surface area contributed by atoms with Gasteiger partial charge in [0, 0.05) is 19.6 Å². The molecule has 0 N–H and O–H groups in total. The molecule has 1 atom stereocenters. The molecule has 0 radical (unpaired) electrons. The van der Waals surface area contributed by atoms with Crippen molar-refractivity contribution in [2.45, 2.75) is 6.42 Å². The van der Waals surface area contributed by atoms with Crippen molar-refractivity contribution in [2.75, 3.05) is 39.5 Å². The number of ether oxygens (including phenoxy) is 1. The summed E-state index contributed by atoms with van der Waals surface area (Å²) in [4.78, 5) is 2.24. The molecule has 0 aliphatic carbocycles. The maximum atomic E-state index is 9.99. The van der Waals surface area contributed by atoms with Gasteiger partial charge in [0.05, 0.1) is 31.2 Å². The van der Waals surface area contributed by atoms with E-state index >= 15 is 0 Å². The van der Waals surface area contributed by atoms with Gasteiger partial charge < -0.3 is 14.9 Å². The zero-order valence-corrected chi connectivity index (χ0v) is 11.3. The first-order chi connectivity index (χ1) is 6.29. The van der Waals surface area contributed by atoms with Gasteiger partial charge in [0.2, 0.25) is 0 Å². The zero-order chi connectivity index (χ0) is 9.52. The average molecular weight is 232 g/mol. The molecule has 1 fully saturated rings. The van der Waals surface area contributed by atoms with Crippen molar-refractivity contribution in [3.05, 3.63) is 0 Å². The Kier molecular flexibility index (Phi) is 9.89. The van der Waals surface area contributed by atoms with Gasteiger partial charge >= 0.3 is 29.6 Å². The van der Waals surface area contributed by atoms with E-state index in [1.165, 1.54) is 0 Å². The Morgan fingerprint density at radius 2 is 2.14 bits per heavy atom. The second kappa shape index (κ2) is 9.23. The standard InChI is InChI=1S/C7H15NO4S.Na.H/c9-13(10)12-5-1-2-8-3-6-11-7-4-8;;/h1-7H2,(H,9,10);;/q;+1;-1/p-1. The van der Waals surface area contributed by atoms with Crippen LogP contribution >= 0.6 is 0 Å². The molecular formula is C7H15NNaO4S-. The first kappa shape index (κ1) is 15.0. The topological polar surface area (TPSA) is 61.8 Å². The molecule has 1 heterocycles. The number of morpholine rings is 1. The number of hydrogen-bond acceptors (Lipinski definition) is 5. The summed E-state index contributed by atoms with van der Waals surface area (Å²) in [7, 11) is 0. The minimum atomic E-state index is -2.37. The van der Waals surface area contributed by atoms with E-state index in [1.54, 1.807) is 0 Å². The van der Waals surface area contributed by atoms with Gasteiger partial charge in [0.25, 0.3) is 0 Å². The zero-order valence-electron chi connectivity index (χ0n) is 9.44. The summed E-state index contributed by atoms with van der Waals surface area (Å²) in [5, 5.41) is 0. The van der Waals surface area contributed by atoms with Gasteiger partial charge in [-0.2, -0.15) is 0 Å². The Bertz CT molecular complexity index is 171. The van der Waals surface area contributed by atoms with Crippen LogP contribution in [-0.4, -0.2) is 53.1 Å². The second-order valence-electron chi connectivity index (χ2n) is 2.83. The largest absolute Gasteiger partial charge is 1.00 e. The molecule has 0 aromatic carbocycles. The van der Waals surface area contributed by atoms with Gasteiger partial charge in [-0.05, 0) is 6.42 Å². The van der Waals surface area contributed by atoms with Gasteiger partial charge in [-0.25, -0.2) is 4.21 Å². The first-order valence-corrected chi connectivity index (χ1v) is 5.31. The molecule has 14 heavy (non-hydrogen) atoms. The van der Waals surface area contributed by atoms with Crippen molar-refractivity contribution in [1.29, 1.82) is 0 Å². The smallest absolute Gasteiger partial charge is 1.00 e. The summed E-state index contributed by atoms with van der Waals surface area (Å²) in [6.45, 7) is 4.55. The number of rotatable bonds is 5. The van der Waals surface area contributed by atoms with Gasteiger partial charge in [-0.3, -0.25) is 4.90 Å². The molecule has 1 rings (SSSR count). The molecule has 0 aromatic rings. The molecule has 5 nitrogen and oxygen atoms in total. The predicted molar refractivity (Wildman–Crippen MR) is 47.9 cm³/mol. The number of nitrogens with zero attached hydrogens (tertiary/aromatic N) is 1. The molecule has 1 unspecified atom stereocenters. The van der Waals surface area contributed by atoms with E-state index in [4.69, 9.17) is 4.74 Å². The Labute approximate surface area is 110 Å². The maximum Gasteiger partial charge on any atom is 1.00 e. The third-order valence-corrected chi connectivity index (χ3v) is 2.26. The summed E-state index contributed by atoms with van der Waals surface area (Å²) in [5.41, 5.74) is 0. The fourth-order valence-corrected chi connectivity index (χ4v) is 1.49. The molecular weight excluding hydrogens is 217 g/mol. The van der Waals surface area contributed by atoms with Crippen molar-refractivity contribution < 1.29 is 48.7 Å². The molecule has 80 valence electrons. The maximum absolute atomic E-state index is 9.99. The van der Waals surface area contributed by atoms with Crippen molar-refractivity contribution in [1.82, 2.24) is 4.90 Å². The quantitative estimate of drug-likeness (QED) is 0.281. The molecule has 0 amide bonds.